The molecule has 4 aromatic rings. The standard InChI is InChI=1S/C34H35F2N3O4S/c1-25(2)22-37-34(41)32(21-26-11-5-3-6-12-26)38(23-27-17-19-28(35)20-18-27)33(40)24-39(31-16-10-9-15-30(31)36)44(42,43)29-13-7-4-8-14-29/h3-20,25,32H,21-24H2,1-2H3,(H,37,41)/t32-/m0/s1. The van der Waals surface area contributed by atoms with E-state index in [1.807, 2.05) is 44.2 Å². The normalized spacial score (nSPS) is 12.0. The van der Waals surface area contributed by atoms with Crippen LogP contribution in [0.2, 0.25) is 0 Å². The fraction of sp³-hybridized carbons (Fsp3) is 0.235. The lowest BCUT2D eigenvalue weighted by molar-refractivity contribution is -0.140. The third kappa shape index (κ3) is 8.29. The molecule has 0 fully saturated rings. The Morgan fingerprint density at radius 1 is 0.773 bits per heavy atom. The van der Waals surface area contributed by atoms with Gasteiger partial charge in [-0.05, 0) is 53.4 Å². The van der Waals surface area contributed by atoms with Crippen molar-refractivity contribution in [1.29, 1.82) is 0 Å². The zero-order valence-electron chi connectivity index (χ0n) is 24.6. The SMILES string of the molecule is CC(C)CNC(=O)[C@H](Cc1ccccc1)N(Cc1ccc(F)cc1)C(=O)CN(c1ccccc1F)S(=O)(=O)c1ccccc1. The molecular weight excluding hydrogens is 584 g/mol. The third-order valence-corrected chi connectivity index (χ3v) is 8.73. The van der Waals surface area contributed by atoms with Crippen LogP contribution in [-0.4, -0.2) is 44.3 Å². The Hall–Kier alpha value is -4.57. The molecule has 0 bridgehead atoms. The summed E-state index contributed by atoms with van der Waals surface area (Å²) >= 11 is 0. The number of nitrogens with zero attached hydrogens (tertiary/aromatic N) is 2. The van der Waals surface area contributed by atoms with Crippen LogP contribution in [0.25, 0.3) is 0 Å². The van der Waals surface area contributed by atoms with Crippen molar-refractivity contribution in [3.05, 3.63) is 132 Å². The van der Waals surface area contributed by atoms with Gasteiger partial charge in [0, 0.05) is 19.5 Å². The third-order valence-electron chi connectivity index (χ3n) is 6.95. The number of sulfonamides is 1. The first kappa shape index (κ1) is 32.3. The van der Waals surface area contributed by atoms with Crippen LogP contribution in [0.1, 0.15) is 25.0 Å². The summed E-state index contributed by atoms with van der Waals surface area (Å²) in [7, 11) is -4.41. The van der Waals surface area contributed by atoms with Gasteiger partial charge in [-0.15, -0.1) is 0 Å². The van der Waals surface area contributed by atoms with E-state index in [9.17, 15) is 22.4 Å². The number of rotatable bonds is 13. The Labute approximate surface area is 257 Å². The van der Waals surface area contributed by atoms with Crippen LogP contribution in [0, 0.1) is 17.6 Å². The van der Waals surface area contributed by atoms with Gasteiger partial charge in [0.15, 0.2) is 0 Å². The first-order valence-corrected chi connectivity index (χ1v) is 15.7. The number of hydrogen-bond acceptors (Lipinski definition) is 4. The van der Waals surface area contributed by atoms with Crippen molar-refractivity contribution in [3.63, 3.8) is 0 Å². The van der Waals surface area contributed by atoms with Crippen LogP contribution >= 0.6 is 0 Å². The molecule has 44 heavy (non-hydrogen) atoms. The van der Waals surface area contributed by atoms with Crippen molar-refractivity contribution in [1.82, 2.24) is 10.2 Å². The van der Waals surface area contributed by atoms with Gasteiger partial charge in [-0.25, -0.2) is 17.2 Å². The number of carbonyl (C=O) groups excluding carboxylic acids is 2. The van der Waals surface area contributed by atoms with Gasteiger partial charge in [0.1, 0.15) is 24.2 Å². The second-order valence-electron chi connectivity index (χ2n) is 10.8. The number of nitrogens with one attached hydrogen (secondary N) is 1. The van der Waals surface area contributed by atoms with Crippen LogP contribution in [0.3, 0.4) is 0 Å². The zero-order chi connectivity index (χ0) is 31.7. The van der Waals surface area contributed by atoms with E-state index in [0.29, 0.717) is 12.1 Å². The van der Waals surface area contributed by atoms with Gasteiger partial charge >= 0.3 is 0 Å². The smallest absolute Gasteiger partial charge is 0.264 e. The summed E-state index contributed by atoms with van der Waals surface area (Å²) in [6, 6.07) is 26.3. The molecule has 0 heterocycles. The number of halogens is 2. The lowest BCUT2D eigenvalue weighted by Gasteiger charge is -2.34. The summed E-state index contributed by atoms with van der Waals surface area (Å²) in [5.41, 5.74) is 0.991. The zero-order valence-corrected chi connectivity index (χ0v) is 25.4. The maximum absolute atomic E-state index is 15.1. The van der Waals surface area contributed by atoms with Crippen molar-refractivity contribution in [2.24, 2.45) is 5.92 Å². The first-order valence-electron chi connectivity index (χ1n) is 14.2. The average Bonchev–Trinajstić information content (AvgIpc) is 3.02. The fourth-order valence-corrected chi connectivity index (χ4v) is 6.09. The summed E-state index contributed by atoms with van der Waals surface area (Å²) in [5.74, 6) is -2.34. The van der Waals surface area contributed by atoms with Crippen LogP contribution < -0.4 is 9.62 Å². The summed E-state index contributed by atoms with van der Waals surface area (Å²) in [5, 5.41) is 2.90. The molecule has 7 nitrogen and oxygen atoms in total. The second-order valence-corrected chi connectivity index (χ2v) is 12.6. The largest absolute Gasteiger partial charge is 0.354 e. The number of amides is 2. The highest BCUT2D eigenvalue weighted by Gasteiger charge is 2.35. The van der Waals surface area contributed by atoms with E-state index in [1.54, 1.807) is 6.07 Å². The van der Waals surface area contributed by atoms with E-state index in [-0.39, 0.29) is 29.5 Å². The molecule has 0 aliphatic rings. The summed E-state index contributed by atoms with van der Waals surface area (Å²) in [4.78, 5) is 29.2. The first-order chi connectivity index (χ1) is 21.1. The molecule has 1 atom stereocenters. The predicted molar refractivity (Wildman–Crippen MR) is 166 cm³/mol. The maximum Gasteiger partial charge on any atom is 0.264 e. The van der Waals surface area contributed by atoms with Crippen molar-refractivity contribution >= 4 is 27.5 Å². The minimum atomic E-state index is -4.41. The highest BCUT2D eigenvalue weighted by molar-refractivity contribution is 7.92. The molecule has 10 heteroatoms. The van der Waals surface area contributed by atoms with Crippen LogP contribution in [0.5, 0.6) is 0 Å². The molecule has 230 valence electrons. The Morgan fingerprint density at radius 2 is 1.36 bits per heavy atom. The lowest BCUT2D eigenvalue weighted by Crippen LogP contribution is -2.53. The topological polar surface area (TPSA) is 86.8 Å². The predicted octanol–water partition coefficient (Wildman–Crippen LogP) is 5.57. The number of hydrogen-bond donors (Lipinski definition) is 1. The van der Waals surface area contributed by atoms with E-state index < -0.39 is 46.1 Å². The number of benzene rings is 4. The fourth-order valence-electron chi connectivity index (χ4n) is 4.65. The Balaban J connectivity index is 1.79. The Kier molecular flexibility index (Phi) is 10.8. The highest BCUT2D eigenvalue weighted by atomic mass is 32.2. The minimum absolute atomic E-state index is 0.123. The molecule has 0 aliphatic heterocycles. The quantitative estimate of drug-likeness (QED) is 0.212. The molecule has 2 amide bonds. The molecule has 0 spiro atoms. The van der Waals surface area contributed by atoms with Gasteiger partial charge in [0.2, 0.25) is 11.8 Å². The van der Waals surface area contributed by atoms with Crippen molar-refractivity contribution in [2.45, 2.75) is 37.8 Å². The Bertz CT molecular complexity index is 1650. The van der Waals surface area contributed by atoms with Crippen LogP contribution in [0.4, 0.5) is 14.5 Å². The van der Waals surface area contributed by atoms with E-state index in [0.717, 1.165) is 15.9 Å². The Morgan fingerprint density at radius 3 is 1.98 bits per heavy atom. The summed E-state index contributed by atoms with van der Waals surface area (Å²) < 4.78 is 57.4. The van der Waals surface area contributed by atoms with E-state index in [2.05, 4.69) is 5.32 Å². The van der Waals surface area contributed by atoms with Crippen LogP contribution in [0.15, 0.2) is 114 Å². The molecule has 0 unspecified atom stereocenters. The van der Waals surface area contributed by atoms with Crippen molar-refractivity contribution < 1.29 is 26.8 Å². The number of para-hydroxylation sites is 1. The van der Waals surface area contributed by atoms with Gasteiger partial charge < -0.3 is 10.2 Å². The molecule has 4 rings (SSSR count). The molecule has 1 N–H and O–H groups in total. The van der Waals surface area contributed by atoms with Gasteiger partial charge in [-0.1, -0.05) is 86.6 Å². The second kappa shape index (κ2) is 14.7. The molecule has 0 saturated heterocycles. The van der Waals surface area contributed by atoms with Crippen LogP contribution in [-0.2, 0) is 32.6 Å². The molecule has 0 aromatic heterocycles. The molecular formula is C34H35F2N3O4S. The minimum Gasteiger partial charge on any atom is -0.354 e. The van der Waals surface area contributed by atoms with Gasteiger partial charge in [-0.3, -0.25) is 13.9 Å². The number of anilines is 1. The van der Waals surface area contributed by atoms with E-state index in [1.165, 1.54) is 71.6 Å². The monoisotopic (exact) mass is 619 g/mol. The average molecular weight is 620 g/mol. The molecule has 4 aromatic carbocycles. The molecule has 0 aliphatic carbocycles. The van der Waals surface area contributed by atoms with Gasteiger partial charge in [0.25, 0.3) is 10.0 Å². The summed E-state index contributed by atoms with van der Waals surface area (Å²) in [6.07, 6.45) is 0.128. The lowest BCUT2D eigenvalue weighted by atomic mass is 10.0. The van der Waals surface area contributed by atoms with Crippen molar-refractivity contribution in [3.8, 4) is 0 Å². The number of carbonyl (C=O) groups is 2. The molecule has 0 radical (unpaired) electrons. The van der Waals surface area contributed by atoms with E-state index >= 15 is 4.39 Å². The van der Waals surface area contributed by atoms with Gasteiger partial charge in [-0.2, -0.15) is 0 Å². The maximum atomic E-state index is 15.1. The molecule has 0 saturated carbocycles. The summed E-state index contributed by atoms with van der Waals surface area (Å²) in [6.45, 7) is 3.32. The van der Waals surface area contributed by atoms with Gasteiger partial charge in [0.05, 0.1) is 10.6 Å². The van der Waals surface area contributed by atoms with Crippen molar-refractivity contribution in [2.75, 3.05) is 17.4 Å². The van der Waals surface area contributed by atoms with E-state index in [4.69, 9.17) is 0 Å². The highest BCUT2D eigenvalue weighted by Crippen LogP contribution is 2.27.